The number of likely N-dealkylation sites (N-methyl/N-ethyl adjacent to an activating group) is 1. The lowest BCUT2D eigenvalue weighted by Crippen LogP contribution is -2.48. The third-order valence-corrected chi connectivity index (χ3v) is 7.15. The van der Waals surface area contributed by atoms with Crippen LogP contribution in [-0.2, 0) is 29.1 Å². The van der Waals surface area contributed by atoms with Crippen LogP contribution in [0.3, 0.4) is 0 Å². The highest BCUT2D eigenvalue weighted by Crippen LogP contribution is 2.25. The standard InChI is InChI=1S/C24H26FN5O5S/c1-28-8-10-29(11-9-28)19(31)14-30-17-4-3-7-26-21(17)22(32)20(24(30)34)23(33)27-13-15-5-6-16(25)12-18(15)36(2)35/h3-7,12,32H,8-11,13-14H2,1-2H3,(H,27,33). The summed E-state index contributed by atoms with van der Waals surface area (Å²) in [7, 11) is 1.96. The molecule has 10 nitrogen and oxygen atoms in total. The summed E-state index contributed by atoms with van der Waals surface area (Å²) in [4.78, 5) is 47.5. The van der Waals surface area contributed by atoms with Crippen molar-refractivity contribution in [2.24, 2.45) is 0 Å². The number of hydrogen-bond acceptors (Lipinski definition) is 7. The number of fused-ring (bicyclic) bond motifs is 1. The Kier molecular flexibility index (Phi) is 7.57. The van der Waals surface area contributed by atoms with Gasteiger partial charge in [0.05, 0.1) is 5.52 Å². The summed E-state index contributed by atoms with van der Waals surface area (Å²) in [6, 6.07) is 6.79. The number of rotatable bonds is 6. The molecule has 3 aromatic rings. The van der Waals surface area contributed by atoms with Gasteiger partial charge in [-0.2, -0.15) is 0 Å². The molecule has 2 aromatic heterocycles. The molecule has 1 atom stereocenters. The zero-order valence-electron chi connectivity index (χ0n) is 19.9. The summed E-state index contributed by atoms with van der Waals surface area (Å²) < 4.78 is 26.7. The van der Waals surface area contributed by atoms with E-state index in [-0.39, 0.29) is 34.9 Å². The van der Waals surface area contributed by atoms with Gasteiger partial charge in [0.25, 0.3) is 11.5 Å². The number of carbonyl (C=O) groups is 2. The van der Waals surface area contributed by atoms with Crippen molar-refractivity contribution in [3.05, 3.63) is 63.8 Å². The largest absolute Gasteiger partial charge is 0.612 e. The topological polar surface area (TPSA) is 131 Å². The Balaban J connectivity index is 1.66. The molecule has 1 unspecified atom stereocenters. The quantitative estimate of drug-likeness (QED) is 0.462. The van der Waals surface area contributed by atoms with Gasteiger partial charge in [0.15, 0.2) is 10.6 Å². The molecular weight excluding hydrogens is 489 g/mol. The first-order chi connectivity index (χ1) is 17.2. The lowest BCUT2D eigenvalue weighted by atomic mass is 10.1. The van der Waals surface area contributed by atoms with Crippen LogP contribution in [0.4, 0.5) is 4.39 Å². The van der Waals surface area contributed by atoms with E-state index in [2.05, 4.69) is 15.2 Å². The molecule has 0 radical (unpaired) electrons. The molecule has 2 amide bonds. The van der Waals surface area contributed by atoms with Crippen molar-refractivity contribution in [1.82, 2.24) is 24.7 Å². The Morgan fingerprint density at radius 3 is 2.64 bits per heavy atom. The third kappa shape index (κ3) is 5.20. The van der Waals surface area contributed by atoms with E-state index >= 15 is 0 Å². The fraction of sp³-hybridized carbons (Fsp3) is 0.333. The predicted molar refractivity (Wildman–Crippen MR) is 132 cm³/mol. The van der Waals surface area contributed by atoms with Gasteiger partial charge in [-0.1, -0.05) is 0 Å². The second kappa shape index (κ2) is 10.6. The van der Waals surface area contributed by atoms with Crippen molar-refractivity contribution in [3.8, 4) is 5.75 Å². The van der Waals surface area contributed by atoms with Gasteiger partial charge in [-0.05, 0) is 42.5 Å². The molecule has 0 saturated carbocycles. The number of benzene rings is 1. The molecule has 0 spiro atoms. The van der Waals surface area contributed by atoms with Crippen LogP contribution < -0.4 is 10.9 Å². The number of halogens is 1. The van der Waals surface area contributed by atoms with Crippen LogP contribution in [0, 0.1) is 5.82 Å². The number of nitrogens with one attached hydrogen (secondary N) is 1. The van der Waals surface area contributed by atoms with Crippen molar-refractivity contribution in [2.75, 3.05) is 39.5 Å². The number of aromatic hydroxyl groups is 1. The van der Waals surface area contributed by atoms with E-state index in [4.69, 9.17) is 0 Å². The smallest absolute Gasteiger partial charge is 0.268 e. The summed E-state index contributed by atoms with van der Waals surface area (Å²) >= 11 is -1.51. The molecule has 1 aliphatic rings. The van der Waals surface area contributed by atoms with Gasteiger partial charge >= 0.3 is 0 Å². The molecule has 1 aromatic carbocycles. The predicted octanol–water partition coefficient (Wildman–Crippen LogP) is 0.683. The summed E-state index contributed by atoms with van der Waals surface area (Å²) in [5.74, 6) is -2.35. The molecular formula is C24H26FN5O5S. The normalized spacial score (nSPS) is 15.2. The number of amides is 2. The van der Waals surface area contributed by atoms with Crippen LogP contribution in [-0.4, -0.2) is 80.3 Å². The van der Waals surface area contributed by atoms with Gasteiger partial charge in [-0.25, -0.2) is 4.39 Å². The molecule has 36 heavy (non-hydrogen) atoms. The van der Waals surface area contributed by atoms with Crippen LogP contribution >= 0.6 is 0 Å². The summed E-state index contributed by atoms with van der Waals surface area (Å²) in [5.41, 5.74) is -0.776. The highest BCUT2D eigenvalue weighted by atomic mass is 32.2. The van der Waals surface area contributed by atoms with Gasteiger partial charge in [0.1, 0.15) is 29.7 Å². The Hall–Kier alpha value is -3.48. The highest BCUT2D eigenvalue weighted by Gasteiger charge is 2.26. The molecule has 12 heteroatoms. The average Bonchev–Trinajstić information content (AvgIpc) is 2.86. The Morgan fingerprint density at radius 2 is 1.94 bits per heavy atom. The van der Waals surface area contributed by atoms with E-state index in [0.717, 1.165) is 10.6 Å². The van der Waals surface area contributed by atoms with E-state index in [9.17, 15) is 28.4 Å². The number of carbonyl (C=O) groups excluding carboxylic acids is 2. The molecule has 1 fully saturated rings. The second-order valence-electron chi connectivity index (χ2n) is 8.56. The monoisotopic (exact) mass is 515 g/mol. The number of hydrogen-bond donors (Lipinski definition) is 2. The van der Waals surface area contributed by atoms with Crippen LogP contribution in [0.15, 0.2) is 46.2 Å². The lowest BCUT2D eigenvalue weighted by molar-refractivity contribution is -0.133. The van der Waals surface area contributed by atoms with Gasteiger partial charge in [0, 0.05) is 50.6 Å². The minimum atomic E-state index is -1.51. The van der Waals surface area contributed by atoms with E-state index in [0.29, 0.717) is 31.7 Å². The molecule has 0 aliphatic carbocycles. The fourth-order valence-corrected chi connectivity index (χ4v) is 4.91. The Morgan fingerprint density at radius 1 is 1.22 bits per heavy atom. The maximum absolute atomic E-state index is 13.6. The van der Waals surface area contributed by atoms with Crippen LogP contribution in [0.25, 0.3) is 11.0 Å². The SMILES string of the molecule is CN1CCN(C(=O)Cn2c(=O)c(C(=O)NCc3ccc(F)cc3[S+](C)[O-])c(O)c3ncccc32)CC1. The molecule has 1 aliphatic heterocycles. The van der Waals surface area contributed by atoms with Crippen molar-refractivity contribution < 1.29 is 23.6 Å². The highest BCUT2D eigenvalue weighted by molar-refractivity contribution is 7.90. The van der Waals surface area contributed by atoms with E-state index in [1.807, 2.05) is 7.05 Å². The van der Waals surface area contributed by atoms with Gasteiger partial charge in [0.2, 0.25) is 5.91 Å². The van der Waals surface area contributed by atoms with Crippen molar-refractivity contribution in [2.45, 2.75) is 18.0 Å². The van der Waals surface area contributed by atoms with E-state index < -0.39 is 39.8 Å². The van der Waals surface area contributed by atoms with E-state index in [1.165, 1.54) is 24.6 Å². The molecule has 190 valence electrons. The van der Waals surface area contributed by atoms with Gasteiger partial charge in [-0.3, -0.25) is 23.9 Å². The number of nitrogens with zero attached hydrogens (tertiary/aromatic N) is 4. The number of aromatic nitrogens is 2. The molecule has 3 heterocycles. The number of pyridine rings is 2. The van der Waals surface area contributed by atoms with Gasteiger partial charge < -0.3 is 24.8 Å². The zero-order chi connectivity index (χ0) is 26.0. The van der Waals surface area contributed by atoms with Crippen molar-refractivity contribution in [1.29, 1.82) is 0 Å². The van der Waals surface area contributed by atoms with Crippen molar-refractivity contribution in [3.63, 3.8) is 0 Å². The van der Waals surface area contributed by atoms with Gasteiger partial charge in [-0.15, -0.1) is 0 Å². The lowest BCUT2D eigenvalue weighted by Gasteiger charge is -2.32. The fourth-order valence-electron chi connectivity index (χ4n) is 4.12. The minimum Gasteiger partial charge on any atom is -0.612 e. The molecule has 0 bridgehead atoms. The third-order valence-electron chi connectivity index (χ3n) is 6.15. The summed E-state index contributed by atoms with van der Waals surface area (Å²) in [5, 5.41) is 13.3. The van der Waals surface area contributed by atoms with Crippen LogP contribution in [0.2, 0.25) is 0 Å². The first-order valence-electron chi connectivity index (χ1n) is 11.2. The minimum absolute atomic E-state index is 0.00515. The first-order valence-corrected chi connectivity index (χ1v) is 12.8. The molecule has 2 N–H and O–H groups in total. The van der Waals surface area contributed by atoms with Crippen LogP contribution in [0.1, 0.15) is 15.9 Å². The summed E-state index contributed by atoms with van der Waals surface area (Å²) in [6.07, 6.45) is 2.79. The molecule has 1 saturated heterocycles. The maximum atomic E-state index is 13.6. The summed E-state index contributed by atoms with van der Waals surface area (Å²) in [6.45, 7) is 1.98. The second-order valence-corrected chi connectivity index (χ2v) is 9.91. The number of piperazine rings is 1. The Bertz CT molecular complexity index is 1370. The first kappa shape index (κ1) is 25.6. The molecule has 4 rings (SSSR count). The maximum Gasteiger partial charge on any atom is 0.268 e. The van der Waals surface area contributed by atoms with Crippen molar-refractivity contribution >= 4 is 34.0 Å². The zero-order valence-corrected chi connectivity index (χ0v) is 20.7. The Labute approximate surface area is 209 Å². The van der Waals surface area contributed by atoms with E-state index in [1.54, 1.807) is 17.0 Å². The average molecular weight is 516 g/mol. The van der Waals surface area contributed by atoms with Crippen LogP contribution in [0.5, 0.6) is 5.75 Å².